The minimum absolute atomic E-state index is 0.0421. The van der Waals surface area contributed by atoms with Gasteiger partial charge in [-0.2, -0.15) is 5.10 Å². The van der Waals surface area contributed by atoms with E-state index in [0.29, 0.717) is 35.3 Å². The maximum absolute atomic E-state index is 12.3. The highest BCUT2D eigenvalue weighted by molar-refractivity contribution is 7.12. The molecule has 0 amide bonds. The summed E-state index contributed by atoms with van der Waals surface area (Å²) in [6.07, 6.45) is 4.91. The van der Waals surface area contributed by atoms with Crippen LogP contribution in [0.4, 0.5) is 0 Å². The maximum atomic E-state index is 12.3. The fourth-order valence-corrected chi connectivity index (χ4v) is 3.61. The minimum Gasteiger partial charge on any atom is -0.486 e. The zero-order valence-electron chi connectivity index (χ0n) is 15.4. The van der Waals surface area contributed by atoms with Crippen LogP contribution in [-0.4, -0.2) is 39.9 Å². The number of rotatable bonds is 7. The van der Waals surface area contributed by atoms with E-state index in [0.717, 1.165) is 11.1 Å². The van der Waals surface area contributed by atoms with E-state index in [1.54, 1.807) is 23.0 Å². The molecule has 148 valence electrons. The molecular formula is C21H18N2O5S. The van der Waals surface area contributed by atoms with E-state index in [4.69, 9.17) is 14.6 Å². The van der Waals surface area contributed by atoms with E-state index in [2.05, 4.69) is 5.10 Å². The fraction of sp³-hybridized carbons (Fsp3) is 0.190. The summed E-state index contributed by atoms with van der Waals surface area (Å²) in [4.78, 5) is 23.9. The van der Waals surface area contributed by atoms with Crippen LogP contribution in [0.15, 0.2) is 48.0 Å². The topological polar surface area (TPSA) is 90.7 Å². The quantitative estimate of drug-likeness (QED) is 0.471. The molecule has 4 rings (SSSR count). The van der Waals surface area contributed by atoms with E-state index in [1.807, 2.05) is 29.6 Å². The molecule has 29 heavy (non-hydrogen) atoms. The van der Waals surface area contributed by atoms with Gasteiger partial charge < -0.3 is 14.6 Å². The molecule has 0 atom stereocenters. The zero-order valence-corrected chi connectivity index (χ0v) is 16.2. The molecule has 0 aliphatic carbocycles. The van der Waals surface area contributed by atoms with Gasteiger partial charge in [0.05, 0.1) is 23.5 Å². The Balaban J connectivity index is 1.67. The number of allylic oxidation sites excluding steroid dienone is 1. The lowest BCUT2D eigenvalue weighted by Crippen LogP contribution is -2.15. The summed E-state index contributed by atoms with van der Waals surface area (Å²) in [6.45, 7) is 1.22. The molecule has 1 aliphatic heterocycles. The Hall–Kier alpha value is -3.39. The summed E-state index contributed by atoms with van der Waals surface area (Å²) in [6, 6.07) is 9.14. The summed E-state index contributed by atoms with van der Waals surface area (Å²) in [5.41, 5.74) is 2.16. The normalized spacial score (nSPS) is 13.0. The van der Waals surface area contributed by atoms with E-state index >= 15 is 0 Å². The lowest BCUT2D eigenvalue weighted by Gasteiger charge is -2.18. The molecule has 0 unspecified atom stereocenters. The van der Waals surface area contributed by atoms with Gasteiger partial charge in [-0.25, -0.2) is 0 Å². The molecule has 0 saturated heterocycles. The highest BCUT2D eigenvalue weighted by Gasteiger charge is 2.16. The summed E-state index contributed by atoms with van der Waals surface area (Å²) < 4.78 is 12.8. The molecule has 3 aromatic rings. The molecule has 0 spiro atoms. The molecule has 8 heteroatoms. The van der Waals surface area contributed by atoms with Gasteiger partial charge in [-0.15, -0.1) is 11.3 Å². The third-order valence-corrected chi connectivity index (χ3v) is 5.22. The molecule has 1 aliphatic rings. The summed E-state index contributed by atoms with van der Waals surface area (Å²) in [5, 5.41) is 15.3. The SMILES string of the molecule is O=C(O)CCn1cc(/C=C/C(=O)c2cccs2)c(-c2ccc3c(c2)OCCO3)n1. The van der Waals surface area contributed by atoms with E-state index in [1.165, 1.54) is 17.4 Å². The van der Waals surface area contributed by atoms with Gasteiger partial charge >= 0.3 is 5.97 Å². The Labute approximate surface area is 170 Å². The van der Waals surface area contributed by atoms with Gasteiger partial charge in [0.25, 0.3) is 0 Å². The number of thiophene rings is 1. The maximum Gasteiger partial charge on any atom is 0.305 e. The van der Waals surface area contributed by atoms with Crippen molar-refractivity contribution < 1.29 is 24.2 Å². The van der Waals surface area contributed by atoms with Crippen LogP contribution in [0.1, 0.15) is 21.7 Å². The molecule has 0 radical (unpaired) electrons. The second-order valence-corrected chi connectivity index (χ2v) is 7.32. The Morgan fingerprint density at radius 2 is 2.03 bits per heavy atom. The number of aliphatic carboxylic acids is 1. The second kappa shape index (κ2) is 8.32. The van der Waals surface area contributed by atoms with Crippen LogP contribution in [0.3, 0.4) is 0 Å². The molecule has 2 aromatic heterocycles. The Kier molecular flexibility index (Phi) is 5.44. The van der Waals surface area contributed by atoms with Crippen molar-refractivity contribution in [3.8, 4) is 22.8 Å². The average Bonchev–Trinajstić information content (AvgIpc) is 3.40. The number of benzene rings is 1. The number of fused-ring (bicyclic) bond motifs is 1. The molecular weight excluding hydrogens is 392 g/mol. The second-order valence-electron chi connectivity index (χ2n) is 6.37. The van der Waals surface area contributed by atoms with Crippen molar-refractivity contribution in [2.45, 2.75) is 13.0 Å². The molecule has 0 fully saturated rings. The van der Waals surface area contributed by atoms with E-state index in [-0.39, 0.29) is 18.7 Å². The number of carbonyl (C=O) groups is 2. The largest absolute Gasteiger partial charge is 0.486 e. The number of nitrogens with zero attached hydrogens (tertiary/aromatic N) is 2. The first-order chi connectivity index (χ1) is 14.1. The molecule has 0 bridgehead atoms. The molecule has 7 nitrogen and oxygen atoms in total. The van der Waals surface area contributed by atoms with E-state index < -0.39 is 5.97 Å². The van der Waals surface area contributed by atoms with Crippen LogP contribution in [0.2, 0.25) is 0 Å². The van der Waals surface area contributed by atoms with Crippen LogP contribution in [0.5, 0.6) is 11.5 Å². The summed E-state index contributed by atoms with van der Waals surface area (Å²) >= 11 is 1.38. The third kappa shape index (κ3) is 4.38. The summed E-state index contributed by atoms with van der Waals surface area (Å²) in [5.74, 6) is 0.325. The Morgan fingerprint density at radius 1 is 1.21 bits per heavy atom. The van der Waals surface area contributed by atoms with Crippen molar-refractivity contribution in [1.29, 1.82) is 0 Å². The third-order valence-electron chi connectivity index (χ3n) is 4.34. The monoisotopic (exact) mass is 410 g/mol. The highest BCUT2D eigenvalue weighted by Crippen LogP contribution is 2.35. The number of carboxylic acids is 1. The van der Waals surface area contributed by atoms with Crippen LogP contribution < -0.4 is 9.47 Å². The fourth-order valence-electron chi connectivity index (χ4n) is 2.96. The van der Waals surface area contributed by atoms with Crippen molar-refractivity contribution in [2.75, 3.05) is 13.2 Å². The molecule has 1 aromatic carbocycles. The van der Waals surface area contributed by atoms with Gasteiger partial charge in [0.15, 0.2) is 17.3 Å². The number of ketones is 1. The number of carboxylic acid groups (broad SMARTS) is 1. The summed E-state index contributed by atoms with van der Waals surface area (Å²) in [7, 11) is 0. The number of ether oxygens (including phenoxy) is 2. The van der Waals surface area contributed by atoms with E-state index in [9.17, 15) is 9.59 Å². The Bertz CT molecular complexity index is 1070. The average molecular weight is 410 g/mol. The predicted molar refractivity (Wildman–Crippen MR) is 109 cm³/mol. The van der Waals surface area contributed by atoms with Gasteiger partial charge in [-0.1, -0.05) is 6.07 Å². The van der Waals surface area contributed by atoms with Gasteiger partial charge in [0.1, 0.15) is 13.2 Å². The standard InChI is InChI=1S/C21H18N2O5S/c24-16(19-2-1-11-29-19)5-3-15-13-23(8-7-20(25)26)22-21(15)14-4-6-17-18(12-14)28-10-9-27-17/h1-6,11-13H,7-10H2,(H,25,26)/b5-3+. The Morgan fingerprint density at radius 3 is 2.79 bits per heavy atom. The number of hydrogen-bond donors (Lipinski definition) is 1. The zero-order chi connectivity index (χ0) is 20.2. The van der Waals surface area contributed by atoms with Crippen molar-refractivity contribution in [1.82, 2.24) is 9.78 Å². The number of carbonyl (C=O) groups excluding carboxylic acids is 1. The van der Waals surface area contributed by atoms with Gasteiger partial charge in [-0.05, 0) is 41.8 Å². The lowest BCUT2D eigenvalue weighted by molar-refractivity contribution is -0.137. The minimum atomic E-state index is -0.897. The number of aromatic nitrogens is 2. The van der Waals surface area contributed by atoms with Crippen molar-refractivity contribution in [3.05, 3.63) is 58.4 Å². The van der Waals surface area contributed by atoms with Gasteiger partial charge in [0.2, 0.25) is 0 Å². The lowest BCUT2D eigenvalue weighted by atomic mass is 10.1. The molecule has 3 heterocycles. The van der Waals surface area contributed by atoms with Crippen LogP contribution in [0, 0.1) is 0 Å². The first-order valence-corrected chi connectivity index (χ1v) is 9.93. The first-order valence-electron chi connectivity index (χ1n) is 9.05. The van der Waals surface area contributed by atoms with Gasteiger partial charge in [0, 0.05) is 17.3 Å². The van der Waals surface area contributed by atoms with Crippen LogP contribution >= 0.6 is 11.3 Å². The molecule has 1 N–H and O–H groups in total. The first kappa shape index (κ1) is 18.9. The smallest absolute Gasteiger partial charge is 0.305 e. The van der Waals surface area contributed by atoms with Gasteiger partial charge in [-0.3, -0.25) is 14.3 Å². The number of aryl methyl sites for hydroxylation is 1. The van der Waals surface area contributed by atoms with Crippen molar-refractivity contribution >= 4 is 29.2 Å². The highest BCUT2D eigenvalue weighted by atomic mass is 32.1. The van der Waals surface area contributed by atoms with Crippen LogP contribution in [0.25, 0.3) is 17.3 Å². The van der Waals surface area contributed by atoms with Crippen molar-refractivity contribution in [3.63, 3.8) is 0 Å². The predicted octanol–water partition coefficient (Wildman–Crippen LogP) is 3.75. The number of hydrogen-bond acceptors (Lipinski definition) is 6. The molecule has 0 saturated carbocycles. The van der Waals surface area contributed by atoms with Crippen LogP contribution in [-0.2, 0) is 11.3 Å². The van der Waals surface area contributed by atoms with Crippen molar-refractivity contribution in [2.24, 2.45) is 0 Å².